The Morgan fingerprint density at radius 3 is 2.47 bits per heavy atom. The lowest BCUT2D eigenvalue weighted by Gasteiger charge is -2.47. The van der Waals surface area contributed by atoms with Gasteiger partial charge in [0.1, 0.15) is 5.54 Å². The maximum Gasteiger partial charge on any atom is 0.326 e. The van der Waals surface area contributed by atoms with E-state index < -0.39 is 5.54 Å². The second kappa shape index (κ2) is 6.25. The van der Waals surface area contributed by atoms with Gasteiger partial charge in [0.25, 0.3) is 0 Å². The van der Waals surface area contributed by atoms with E-state index in [2.05, 4.69) is 39.9 Å². The van der Waals surface area contributed by atoms with Crippen molar-refractivity contribution in [2.24, 2.45) is 11.3 Å². The molecule has 0 aliphatic heterocycles. The summed E-state index contributed by atoms with van der Waals surface area (Å²) >= 11 is 0. The van der Waals surface area contributed by atoms with Gasteiger partial charge in [-0.1, -0.05) is 27.7 Å². The van der Waals surface area contributed by atoms with E-state index in [0.29, 0.717) is 18.6 Å². The fraction of sp³-hybridized carbons (Fsp3) is 0.938. The Bertz CT molecular complexity index is 314. The van der Waals surface area contributed by atoms with Crippen LogP contribution < -0.4 is 5.32 Å². The predicted octanol–water partition coefficient (Wildman–Crippen LogP) is 3.52. The van der Waals surface area contributed by atoms with Gasteiger partial charge in [0.2, 0.25) is 0 Å². The second-order valence-corrected chi connectivity index (χ2v) is 7.11. The normalized spacial score (nSPS) is 31.8. The van der Waals surface area contributed by atoms with Gasteiger partial charge < -0.3 is 4.74 Å². The zero-order chi connectivity index (χ0) is 14.7. The zero-order valence-electron chi connectivity index (χ0n) is 13.5. The van der Waals surface area contributed by atoms with Crippen LogP contribution in [0.25, 0.3) is 0 Å². The van der Waals surface area contributed by atoms with Gasteiger partial charge in [-0.05, 0) is 50.9 Å². The molecule has 0 heterocycles. The highest BCUT2D eigenvalue weighted by atomic mass is 16.5. The quantitative estimate of drug-likeness (QED) is 0.776. The first-order chi connectivity index (χ1) is 8.74. The molecule has 3 heteroatoms. The van der Waals surface area contributed by atoms with Crippen molar-refractivity contribution < 1.29 is 9.53 Å². The van der Waals surface area contributed by atoms with E-state index in [0.717, 1.165) is 19.3 Å². The van der Waals surface area contributed by atoms with Gasteiger partial charge in [0.05, 0.1) is 6.61 Å². The summed E-state index contributed by atoms with van der Waals surface area (Å²) in [5.74, 6) is 0.486. The first kappa shape index (κ1) is 16.5. The third kappa shape index (κ3) is 4.20. The third-order valence-corrected chi connectivity index (χ3v) is 4.18. The molecule has 3 unspecified atom stereocenters. The summed E-state index contributed by atoms with van der Waals surface area (Å²) in [7, 11) is 0. The average Bonchev–Trinajstić information content (AvgIpc) is 2.26. The Balaban J connectivity index is 3.00. The van der Waals surface area contributed by atoms with Crippen LogP contribution in [0, 0.1) is 11.3 Å². The molecule has 1 saturated carbocycles. The molecule has 1 aliphatic carbocycles. The standard InChI is InChI=1S/C16H31NO2/c1-7-13(4)17-16(14(18)19-8-2)10-12(3)9-15(5,6)11-16/h12-13,17H,7-11H2,1-6H3. The molecule has 0 aromatic heterocycles. The average molecular weight is 269 g/mol. The molecule has 1 N–H and O–H groups in total. The van der Waals surface area contributed by atoms with Crippen LogP contribution in [0.1, 0.15) is 67.2 Å². The highest BCUT2D eigenvalue weighted by Gasteiger charge is 2.49. The van der Waals surface area contributed by atoms with Crippen LogP contribution in [0.15, 0.2) is 0 Å². The van der Waals surface area contributed by atoms with Crippen molar-refractivity contribution in [3.8, 4) is 0 Å². The molecular weight excluding hydrogens is 238 g/mol. The van der Waals surface area contributed by atoms with E-state index in [-0.39, 0.29) is 11.4 Å². The van der Waals surface area contributed by atoms with E-state index in [1.54, 1.807) is 0 Å². The van der Waals surface area contributed by atoms with Crippen molar-refractivity contribution in [1.82, 2.24) is 5.32 Å². The Hall–Kier alpha value is -0.570. The van der Waals surface area contributed by atoms with Crippen molar-refractivity contribution >= 4 is 5.97 Å². The highest BCUT2D eigenvalue weighted by molar-refractivity contribution is 5.81. The summed E-state index contributed by atoms with van der Waals surface area (Å²) in [5, 5.41) is 3.58. The molecule has 1 fully saturated rings. The largest absolute Gasteiger partial charge is 0.465 e. The minimum Gasteiger partial charge on any atom is -0.465 e. The molecule has 3 nitrogen and oxygen atoms in total. The van der Waals surface area contributed by atoms with Gasteiger partial charge in [-0.15, -0.1) is 0 Å². The van der Waals surface area contributed by atoms with Crippen LogP contribution in [0.2, 0.25) is 0 Å². The van der Waals surface area contributed by atoms with Gasteiger partial charge in [0, 0.05) is 6.04 Å². The summed E-state index contributed by atoms with van der Waals surface area (Å²) in [6.07, 6.45) is 3.96. The lowest BCUT2D eigenvalue weighted by atomic mass is 9.64. The number of hydrogen-bond acceptors (Lipinski definition) is 3. The maximum absolute atomic E-state index is 12.5. The smallest absolute Gasteiger partial charge is 0.326 e. The zero-order valence-corrected chi connectivity index (χ0v) is 13.5. The SMILES string of the molecule is CCOC(=O)C1(NC(C)CC)CC(C)CC(C)(C)C1. The van der Waals surface area contributed by atoms with E-state index in [9.17, 15) is 4.79 Å². The molecule has 0 aromatic carbocycles. The van der Waals surface area contributed by atoms with E-state index in [1.165, 1.54) is 6.42 Å². The summed E-state index contributed by atoms with van der Waals surface area (Å²) in [6, 6.07) is 0.338. The number of esters is 1. The number of hydrogen-bond donors (Lipinski definition) is 1. The molecule has 3 atom stereocenters. The van der Waals surface area contributed by atoms with Crippen LogP contribution in [-0.4, -0.2) is 24.2 Å². The third-order valence-electron chi connectivity index (χ3n) is 4.18. The Kier molecular flexibility index (Phi) is 5.43. The monoisotopic (exact) mass is 269 g/mol. The first-order valence-corrected chi connectivity index (χ1v) is 7.69. The molecule has 19 heavy (non-hydrogen) atoms. The number of rotatable bonds is 5. The molecule has 0 amide bonds. The van der Waals surface area contributed by atoms with Crippen molar-refractivity contribution in [3.63, 3.8) is 0 Å². The molecule has 0 bridgehead atoms. The summed E-state index contributed by atoms with van der Waals surface area (Å²) in [4.78, 5) is 12.5. The summed E-state index contributed by atoms with van der Waals surface area (Å²) in [6.45, 7) is 13.4. The summed E-state index contributed by atoms with van der Waals surface area (Å²) in [5.41, 5.74) is -0.308. The van der Waals surface area contributed by atoms with Gasteiger partial charge in [-0.25, -0.2) is 0 Å². The van der Waals surface area contributed by atoms with E-state index >= 15 is 0 Å². The summed E-state index contributed by atoms with van der Waals surface area (Å²) < 4.78 is 5.37. The predicted molar refractivity (Wildman–Crippen MR) is 79.0 cm³/mol. The van der Waals surface area contributed by atoms with Crippen molar-refractivity contribution in [1.29, 1.82) is 0 Å². The molecule has 0 spiro atoms. The minimum atomic E-state index is -0.493. The number of carbonyl (C=O) groups excluding carboxylic acids is 1. The number of ether oxygens (including phenoxy) is 1. The molecule has 1 aliphatic rings. The molecule has 112 valence electrons. The molecular formula is C16H31NO2. The van der Waals surface area contributed by atoms with Gasteiger partial charge in [-0.3, -0.25) is 10.1 Å². The highest BCUT2D eigenvalue weighted by Crippen LogP contribution is 2.44. The van der Waals surface area contributed by atoms with Gasteiger partial charge in [-0.2, -0.15) is 0 Å². The fourth-order valence-corrected chi connectivity index (χ4v) is 3.74. The lowest BCUT2D eigenvalue weighted by Crippen LogP contribution is -2.60. The van der Waals surface area contributed by atoms with Crippen LogP contribution >= 0.6 is 0 Å². The van der Waals surface area contributed by atoms with Crippen LogP contribution in [-0.2, 0) is 9.53 Å². The minimum absolute atomic E-state index is 0.0603. The van der Waals surface area contributed by atoms with Crippen molar-refractivity contribution in [2.45, 2.75) is 78.8 Å². The van der Waals surface area contributed by atoms with E-state index in [4.69, 9.17) is 4.74 Å². The van der Waals surface area contributed by atoms with Crippen LogP contribution in [0.3, 0.4) is 0 Å². The topological polar surface area (TPSA) is 38.3 Å². The first-order valence-electron chi connectivity index (χ1n) is 7.69. The molecule has 0 aromatic rings. The number of carbonyl (C=O) groups is 1. The Morgan fingerprint density at radius 1 is 1.37 bits per heavy atom. The van der Waals surface area contributed by atoms with Crippen molar-refractivity contribution in [3.05, 3.63) is 0 Å². The number of nitrogens with one attached hydrogen (secondary N) is 1. The van der Waals surface area contributed by atoms with Gasteiger partial charge >= 0.3 is 5.97 Å². The van der Waals surface area contributed by atoms with Crippen LogP contribution in [0.4, 0.5) is 0 Å². The lowest BCUT2D eigenvalue weighted by molar-refractivity contribution is -0.156. The van der Waals surface area contributed by atoms with Crippen LogP contribution in [0.5, 0.6) is 0 Å². The molecule has 1 rings (SSSR count). The molecule has 0 radical (unpaired) electrons. The van der Waals surface area contributed by atoms with Crippen molar-refractivity contribution in [2.75, 3.05) is 6.61 Å². The fourth-order valence-electron chi connectivity index (χ4n) is 3.74. The van der Waals surface area contributed by atoms with Gasteiger partial charge in [0.15, 0.2) is 0 Å². The second-order valence-electron chi connectivity index (χ2n) is 7.11. The Labute approximate surface area is 118 Å². The Morgan fingerprint density at radius 2 is 2.00 bits per heavy atom. The maximum atomic E-state index is 12.5. The molecule has 0 saturated heterocycles. The van der Waals surface area contributed by atoms with E-state index in [1.807, 2.05) is 6.92 Å².